The van der Waals surface area contributed by atoms with E-state index in [1.807, 2.05) is 20.8 Å². The minimum Gasteiger partial charge on any atom is -0.444 e. The predicted molar refractivity (Wildman–Crippen MR) is 84.4 cm³/mol. The molecule has 1 aromatic heterocycles. The van der Waals surface area contributed by atoms with Gasteiger partial charge in [-0.05, 0) is 40.0 Å². The second-order valence-corrected chi connectivity index (χ2v) is 6.84. The predicted octanol–water partition coefficient (Wildman–Crippen LogP) is 2.38. The quantitative estimate of drug-likeness (QED) is 0.925. The van der Waals surface area contributed by atoms with Crippen molar-refractivity contribution in [1.29, 1.82) is 0 Å². The highest BCUT2D eigenvalue weighted by Crippen LogP contribution is 2.19. The zero-order chi connectivity index (χ0) is 16.2. The van der Waals surface area contributed by atoms with Gasteiger partial charge in [0.2, 0.25) is 0 Å². The molecule has 1 aliphatic rings. The van der Waals surface area contributed by atoms with Gasteiger partial charge in [-0.15, -0.1) is 0 Å². The van der Waals surface area contributed by atoms with E-state index in [0.717, 1.165) is 31.7 Å². The topological polar surface area (TPSA) is 67.4 Å². The van der Waals surface area contributed by atoms with E-state index in [1.165, 1.54) is 0 Å². The molecule has 0 unspecified atom stereocenters. The first kappa shape index (κ1) is 16.7. The molecule has 1 aromatic rings. The Morgan fingerprint density at radius 2 is 2.27 bits per heavy atom. The maximum Gasteiger partial charge on any atom is 0.410 e. The van der Waals surface area contributed by atoms with E-state index in [9.17, 15) is 4.79 Å². The fourth-order valence-electron chi connectivity index (χ4n) is 2.47. The van der Waals surface area contributed by atoms with Gasteiger partial charge in [0.15, 0.2) is 0 Å². The molecule has 2 atom stereocenters. The monoisotopic (exact) mass is 306 g/mol. The number of ether oxygens (including phenoxy) is 1. The molecule has 22 heavy (non-hydrogen) atoms. The molecule has 1 saturated heterocycles. The second kappa shape index (κ2) is 7.05. The maximum atomic E-state index is 12.0. The van der Waals surface area contributed by atoms with Crippen molar-refractivity contribution < 1.29 is 9.53 Å². The van der Waals surface area contributed by atoms with Crippen molar-refractivity contribution in [3.8, 4) is 0 Å². The standard InChI is InChI=1S/C16H26N4O2/c1-12(14-10-17-6-7-18-14)19-9-13-5-8-20(11-13)15(21)22-16(2,3)4/h6-7,10,12-13,19H,5,8-9,11H2,1-4H3/t12-,13+/m0/s1. The number of hydrogen-bond acceptors (Lipinski definition) is 5. The molecule has 0 aromatic carbocycles. The number of aromatic nitrogens is 2. The summed E-state index contributed by atoms with van der Waals surface area (Å²) in [6, 6.07) is 0.157. The zero-order valence-corrected chi connectivity index (χ0v) is 13.9. The van der Waals surface area contributed by atoms with E-state index in [4.69, 9.17) is 4.74 Å². The fraction of sp³-hybridized carbons (Fsp3) is 0.688. The van der Waals surface area contributed by atoms with Crippen LogP contribution in [0.2, 0.25) is 0 Å². The van der Waals surface area contributed by atoms with Gasteiger partial charge >= 0.3 is 6.09 Å². The lowest BCUT2D eigenvalue weighted by Gasteiger charge is -2.24. The number of amides is 1. The number of carbonyl (C=O) groups excluding carboxylic acids is 1. The highest BCUT2D eigenvalue weighted by molar-refractivity contribution is 5.68. The van der Waals surface area contributed by atoms with Crippen molar-refractivity contribution in [3.05, 3.63) is 24.3 Å². The summed E-state index contributed by atoms with van der Waals surface area (Å²) in [6.07, 6.45) is 5.94. The average Bonchev–Trinajstić information content (AvgIpc) is 2.93. The lowest BCUT2D eigenvalue weighted by Crippen LogP contribution is -2.36. The van der Waals surface area contributed by atoms with E-state index >= 15 is 0 Å². The van der Waals surface area contributed by atoms with Gasteiger partial charge in [0.1, 0.15) is 5.60 Å². The fourth-order valence-corrected chi connectivity index (χ4v) is 2.47. The van der Waals surface area contributed by atoms with Crippen molar-refractivity contribution in [2.24, 2.45) is 5.92 Å². The number of rotatable bonds is 4. The molecule has 6 heteroatoms. The number of carbonyl (C=O) groups is 1. The van der Waals surface area contributed by atoms with Crippen LogP contribution in [0, 0.1) is 5.92 Å². The number of nitrogens with one attached hydrogen (secondary N) is 1. The summed E-state index contributed by atoms with van der Waals surface area (Å²) in [6.45, 7) is 10.1. The van der Waals surface area contributed by atoms with E-state index in [2.05, 4.69) is 22.2 Å². The highest BCUT2D eigenvalue weighted by Gasteiger charge is 2.29. The minimum atomic E-state index is -0.437. The van der Waals surface area contributed by atoms with E-state index in [-0.39, 0.29) is 12.1 Å². The molecular weight excluding hydrogens is 280 g/mol. The molecule has 1 N–H and O–H groups in total. The average molecular weight is 306 g/mol. The lowest BCUT2D eigenvalue weighted by molar-refractivity contribution is 0.0288. The van der Waals surface area contributed by atoms with Crippen LogP contribution in [0.5, 0.6) is 0 Å². The Kier molecular flexibility index (Phi) is 5.34. The molecule has 0 saturated carbocycles. The van der Waals surface area contributed by atoms with Gasteiger partial charge in [-0.2, -0.15) is 0 Å². The van der Waals surface area contributed by atoms with Crippen molar-refractivity contribution in [1.82, 2.24) is 20.2 Å². The second-order valence-electron chi connectivity index (χ2n) is 6.84. The molecule has 0 aliphatic carbocycles. The van der Waals surface area contributed by atoms with Crippen LogP contribution in [0.1, 0.15) is 45.9 Å². The summed E-state index contributed by atoms with van der Waals surface area (Å²) in [5.74, 6) is 0.451. The Bertz CT molecular complexity index is 487. The lowest BCUT2D eigenvalue weighted by atomic mass is 10.1. The van der Waals surface area contributed by atoms with Gasteiger partial charge in [0.05, 0.1) is 5.69 Å². The summed E-state index contributed by atoms with van der Waals surface area (Å²) >= 11 is 0. The first-order valence-corrected chi connectivity index (χ1v) is 7.82. The molecule has 1 amide bonds. The Labute approximate surface area is 132 Å². The Morgan fingerprint density at radius 1 is 1.50 bits per heavy atom. The Morgan fingerprint density at radius 3 is 2.91 bits per heavy atom. The van der Waals surface area contributed by atoms with Crippen LogP contribution in [0.15, 0.2) is 18.6 Å². The van der Waals surface area contributed by atoms with Gasteiger partial charge in [-0.1, -0.05) is 0 Å². The van der Waals surface area contributed by atoms with Crippen LogP contribution in [0.25, 0.3) is 0 Å². The molecule has 2 rings (SSSR count). The molecule has 0 radical (unpaired) electrons. The van der Waals surface area contributed by atoms with Crippen LogP contribution < -0.4 is 5.32 Å². The molecule has 1 aliphatic heterocycles. The third-order valence-corrected chi connectivity index (χ3v) is 3.68. The van der Waals surface area contributed by atoms with Crippen molar-refractivity contribution in [2.45, 2.75) is 45.8 Å². The molecule has 122 valence electrons. The van der Waals surface area contributed by atoms with Gasteiger partial charge in [-0.3, -0.25) is 9.97 Å². The largest absolute Gasteiger partial charge is 0.444 e. The molecule has 6 nitrogen and oxygen atoms in total. The third kappa shape index (κ3) is 4.94. The summed E-state index contributed by atoms with van der Waals surface area (Å²) < 4.78 is 5.41. The van der Waals surface area contributed by atoms with Crippen LogP contribution in [-0.2, 0) is 4.74 Å². The molecule has 1 fully saturated rings. The van der Waals surface area contributed by atoms with Gasteiger partial charge in [-0.25, -0.2) is 4.79 Å². The SMILES string of the molecule is C[C@H](NC[C@H]1CCN(C(=O)OC(C)(C)C)C1)c1cnccn1. The van der Waals surface area contributed by atoms with Crippen molar-refractivity contribution in [2.75, 3.05) is 19.6 Å². The molecule has 0 bridgehead atoms. The van der Waals surface area contributed by atoms with E-state index in [1.54, 1.807) is 23.5 Å². The first-order chi connectivity index (χ1) is 10.3. The van der Waals surface area contributed by atoms with E-state index < -0.39 is 5.60 Å². The summed E-state index contributed by atoms with van der Waals surface area (Å²) in [5, 5.41) is 3.47. The van der Waals surface area contributed by atoms with Crippen molar-refractivity contribution >= 4 is 6.09 Å². The molecule has 0 spiro atoms. The van der Waals surface area contributed by atoms with Crippen molar-refractivity contribution in [3.63, 3.8) is 0 Å². The first-order valence-electron chi connectivity index (χ1n) is 7.82. The highest BCUT2D eigenvalue weighted by atomic mass is 16.6. The summed E-state index contributed by atoms with van der Waals surface area (Å²) in [4.78, 5) is 22.2. The van der Waals surface area contributed by atoms with Crippen LogP contribution >= 0.6 is 0 Å². The van der Waals surface area contributed by atoms with Gasteiger partial charge in [0, 0.05) is 44.3 Å². The normalized spacial score (nSPS) is 20.0. The van der Waals surface area contributed by atoms with Crippen LogP contribution in [0.4, 0.5) is 4.79 Å². The number of hydrogen-bond donors (Lipinski definition) is 1. The Hall–Kier alpha value is -1.69. The van der Waals surface area contributed by atoms with Gasteiger partial charge < -0.3 is 15.0 Å². The van der Waals surface area contributed by atoms with Gasteiger partial charge in [0.25, 0.3) is 0 Å². The number of nitrogens with zero attached hydrogens (tertiary/aromatic N) is 3. The zero-order valence-electron chi connectivity index (χ0n) is 13.9. The summed E-state index contributed by atoms with van der Waals surface area (Å²) in [7, 11) is 0. The third-order valence-electron chi connectivity index (χ3n) is 3.68. The molecule has 2 heterocycles. The minimum absolute atomic E-state index is 0.157. The maximum absolute atomic E-state index is 12.0. The Balaban J connectivity index is 1.76. The van der Waals surface area contributed by atoms with E-state index in [0.29, 0.717) is 5.92 Å². The number of likely N-dealkylation sites (tertiary alicyclic amines) is 1. The van der Waals surface area contributed by atoms with Crippen LogP contribution in [0.3, 0.4) is 0 Å². The van der Waals surface area contributed by atoms with Crippen LogP contribution in [-0.4, -0.2) is 46.2 Å². The smallest absolute Gasteiger partial charge is 0.410 e. The summed E-state index contributed by atoms with van der Waals surface area (Å²) in [5.41, 5.74) is 0.498. The molecular formula is C16H26N4O2.